The van der Waals surface area contributed by atoms with Crippen LogP contribution in [-0.4, -0.2) is 35.0 Å². The Morgan fingerprint density at radius 3 is 2.78 bits per heavy atom. The summed E-state index contributed by atoms with van der Waals surface area (Å²) in [5, 5.41) is 9.90. The van der Waals surface area contributed by atoms with Crippen LogP contribution in [0.3, 0.4) is 0 Å². The Bertz CT molecular complexity index is 489. The maximum atomic E-state index is 11.6. The highest BCUT2D eigenvalue weighted by molar-refractivity contribution is 7.91. The summed E-state index contributed by atoms with van der Waals surface area (Å²) in [6, 6.07) is 0. The van der Waals surface area contributed by atoms with Crippen LogP contribution in [0.5, 0.6) is 0 Å². The molecule has 1 saturated carbocycles. The van der Waals surface area contributed by atoms with E-state index in [9.17, 15) is 13.5 Å². The molecule has 100 valence electrons. The molecular weight excluding hydrogens is 252 g/mol. The first kappa shape index (κ1) is 13.4. The van der Waals surface area contributed by atoms with E-state index < -0.39 is 15.9 Å². The molecule has 1 fully saturated rings. The Labute approximate surface area is 107 Å². The molecule has 0 radical (unpaired) electrons. The smallest absolute Gasteiger partial charge is 0.150 e. The zero-order valence-electron chi connectivity index (χ0n) is 10.4. The third-order valence-electron chi connectivity index (χ3n) is 3.60. The maximum absolute atomic E-state index is 11.6. The second-order valence-electron chi connectivity index (χ2n) is 4.95. The van der Waals surface area contributed by atoms with Crippen molar-refractivity contribution in [2.75, 3.05) is 6.26 Å². The number of aliphatic hydroxyl groups excluding tert-OH is 1. The zero-order chi connectivity index (χ0) is 13.2. The van der Waals surface area contributed by atoms with Gasteiger partial charge in [-0.05, 0) is 25.2 Å². The molecule has 0 saturated heterocycles. The average molecular weight is 270 g/mol. The van der Waals surface area contributed by atoms with Gasteiger partial charge in [0.2, 0.25) is 0 Å². The highest BCUT2D eigenvalue weighted by atomic mass is 32.2. The molecule has 1 aliphatic carbocycles. The molecule has 1 aromatic rings. The van der Waals surface area contributed by atoms with E-state index in [4.69, 9.17) is 0 Å². The number of aliphatic hydroxyl groups is 1. The van der Waals surface area contributed by atoms with Gasteiger partial charge < -0.3 is 5.11 Å². The molecule has 2 rings (SSSR count). The second-order valence-corrected chi connectivity index (χ2v) is 7.28. The topological polar surface area (TPSA) is 80.2 Å². The molecule has 1 aromatic heterocycles. The van der Waals surface area contributed by atoms with Gasteiger partial charge in [0.1, 0.15) is 15.9 Å². The van der Waals surface area contributed by atoms with Crippen LogP contribution in [-0.2, 0) is 9.84 Å². The normalized spacial score (nSPS) is 26.8. The lowest BCUT2D eigenvalue weighted by Crippen LogP contribution is -2.30. The number of sulfone groups is 1. The molecule has 0 aromatic carbocycles. The number of hydrogen-bond acceptors (Lipinski definition) is 5. The first-order valence-corrected chi connectivity index (χ1v) is 8.07. The Morgan fingerprint density at radius 1 is 1.39 bits per heavy atom. The van der Waals surface area contributed by atoms with Crippen LogP contribution < -0.4 is 0 Å². The number of aromatic nitrogens is 2. The molecule has 0 aliphatic heterocycles. The van der Waals surface area contributed by atoms with Crippen LogP contribution >= 0.6 is 0 Å². The third-order valence-corrected chi connectivity index (χ3v) is 5.24. The monoisotopic (exact) mass is 270 g/mol. The molecular formula is C12H18N2O3S. The lowest BCUT2D eigenvalue weighted by atomic mass is 9.84. The van der Waals surface area contributed by atoms with Crippen molar-refractivity contribution in [3.05, 3.63) is 24.3 Å². The predicted octanol–water partition coefficient (Wildman–Crippen LogP) is 1.11. The van der Waals surface area contributed by atoms with Gasteiger partial charge in [0, 0.05) is 18.6 Å². The van der Waals surface area contributed by atoms with E-state index in [1.54, 1.807) is 6.20 Å². The summed E-state index contributed by atoms with van der Waals surface area (Å²) in [5.41, 5.74) is 0.525. The Kier molecular flexibility index (Phi) is 3.97. The Hall–Kier alpha value is -1.01. The Balaban J connectivity index is 2.10. The van der Waals surface area contributed by atoms with Crippen LogP contribution in [0.15, 0.2) is 18.6 Å². The van der Waals surface area contributed by atoms with Gasteiger partial charge in [0.25, 0.3) is 0 Å². The standard InChI is InChI=1S/C12H18N2O3S/c1-18(16,17)10-4-2-3-9(7-10)12(15)11-8-13-5-6-14-11/h5-6,8-10,12,15H,2-4,7H2,1H3. The summed E-state index contributed by atoms with van der Waals surface area (Å²) in [7, 11) is -3.02. The summed E-state index contributed by atoms with van der Waals surface area (Å²) >= 11 is 0. The number of rotatable bonds is 3. The molecule has 0 spiro atoms. The highest BCUT2D eigenvalue weighted by Crippen LogP contribution is 2.35. The van der Waals surface area contributed by atoms with E-state index in [0.29, 0.717) is 18.5 Å². The summed E-state index contributed by atoms with van der Waals surface area (Å²) in [6.07, 6.45) is 8.06. The van der Waals surface area contributed by atoms with Crippen LogP contribution in [0.1, 0.15) is 37.5 Å². The third kappa shape index (κ3) is 3.05. The number of hydrogen-bond donors (Lipinski definition) is 1. The van der Waals surface area contributed by atoms with Gasteiger partial charge in [-0.15, -0.1) is 0 Å². The molecule has 5 nitrogen and oxygen atoms in total. The largest absolute Gasteiger partial charge is 0.386 e. The molecule has 6 heteroatoms. The fourth-order valence-corrected chi connectivity index (χ4v) is 3.75. The average Bonchev–Trinajstić information content (AvgIpc) is 2.38. The van der Waals surface area contributed by atoms with Gasteiger partial charge in [-0.1, -0.05) is 6.42 Å². The van der Waals surface area contributed by atoms with E-state index in [1.807, 2.05) is 0 Å². The van der Waals surface area contributed by atoms with Gasteiger partial charge in [-0.25, -0.2) is 8.42 Å². The molecule has 1 N–H and O–H groups in total. The molecule has 1 heterocycles. The van der Waals surface area contributed by atoms with Gasteiger partial charge in [0.15, 0.2) is 0 Å². The van der Waals surface area contributed by atoms with E-state index in [0.717, 1.165) is 12.8 Å². The second kappa shape index (κ2) is 5.32. The van der Waals surface area contributed by atoms with E-state index >= 15 is 0 Å². The van der Waals surface area contributed by atoms with Gasteiger partial charge in [-0.2, -0.15) is 0 Å². The van der Waals surface area contributed by atoms with Crippen LogP contribution in [0.4, 0.5) is 0 Å². The lowest BCUT2D eigenvalue weighted by Gasteiger charge is -2.30. The fourth-order valence-electron chi connectivity index (χ4n) is 2.56. The van der Waals surface area contributed by atoms with Gasteiger partial charge in [-0.3, -0.25) is 9.97 Å². The van der Waals surface area contributed by atoms with E-state index in [2.05, 4.69) is 9.97 Å². The van der Waals surface area contributed by atoms with Crippen molar-refractivity contribution in [2.45, 2.75) is 37.0 Å². The summed E-state index contributed by atoms with van der Waals surface area (Å²) in [5.74, 6) is -0.0461. The van der Waals surface area contributed by atoms with E-state index in [-0.39, 0.29) is 11.2 Å². The first-order valence-electron chi connectivity index (χ1n) is 6.11. The highest BCUT2D eigenvalue weighted by Gasteiger charge is 2.33. The quantitative estimate of drug-likeness (QED) is 0.890. The zero-order valence-corrected chi connectivity index (χ0v) is 11.2. The van der Waals surface area contributed by atoms with E-state index in [1.165, 1.54) is 18.6 Å². The lowest BCUT2D eigenvalue weighted by molar-refractivity contribution is 0.0816. The van der Waals surface area contributed by atoms with Crippen LogP contribution in [0.25, 0.3) is 0 Å². The van der Waals surface area contributed by atoms with Crippen molar-refractivity contribution in [1.29, 1.82) is 0 Å². The van der Waals surface area contributed by atoms with Gasteiger partial charge >= 0.3 is 0 Å². The van der Waals surface area contributed by atoms with Crippen LogP contribution in [0.2, 0.25) is 0 Å². The minimum atomic E-state index is -3.02. The maximum Gasteiger partial charge on any atom is 0.150 e. The van der Waals surface area contributed by atoms with Crippen LogP contribution in [0, 0.1) is 5.92 Å². The van der Waals surface area contributed by atoms with Crippen molar-refractivity contribution in [1.82, 2.24) is 9.97 Å². The molecule has 0 amide bonds. The summed E-state index contributed by atoms with van der Waals surface area (Å²) in [6.45, 7) is 0. The minimum Gasteiger partial charge on any atom is -0.386 e. The molecule has 3 unspecified atom stereocenters. The van der Waals surface area contributed by atoms with Crippen molar-refractivity contribution < 1.29 is 13.5 Å². The first-order chi connectivity index (χ1) is 8.48. The Morgan fingerprint density at radius 2 is 2.17 bits per heavy atom. The number of nitrogens with zero attached hydrogens (tertiary/aromatic N) is 2. The van der Waals surface area contributed by atoms with Crippen molar-refractivity contribution in [3.63, 3.8) is 0 Å². The fraction of sp³-hybridized carbons (Fsp3) is 0.667. The molecule has 1 aliphatic rings. The predicted molar refractivity (Wildman–Crippen MR) is 67.6 cm³/mol. The summed E-state index contributed by atoms with van der Waals surface area (Å²) < 4.78 is 23.2. The van der Waals surface area contributed by atoms with Gasteiger partial charge in [0.05, 0.1) is 17.1 Å². The minimum absolute atomic E-state index is 0.0461. The molecule has 0 bridgehead atoms. The van der Waals surface area contributed by atoms with Crippen molar-refractivity contribution in [3.8, 4) is 0 Å². The molecule has 18 heavy (non-hydrogen) atoms. The van der Waals surface area contributed by atoms with Crippen molar-refractivity contribution in [2.24, 2.45) is 5.92 Å². The van der Waals surface area contributed by atoms with Crippen molar-refractivity contribution >= 4 is 9.84 Å². The molecule has 3 atom stereocenters. The summed E-state index contributed by atoms with van der Waals surface area (Å²) in [4.78, 5) is 8.01. The SMILES string of the molecule is CS(=O)(=O)C1CCCC(C(O)c2cnccn2)C1.